The van der Waals surface area contributed by atoms with Gasteiger partial charge in [0.25, 0.3) is 0 Å². The number of nitrogens with zero attached hydrogens (tertiary/aromatic N) is 1. The van der Waals surface area contributed by atoms with Crippen LogP contribution < -0.4 is 60.2 Å². The van der Waals surface area contributed by atoms with E-state index in [0.29, 0.717) is 0 Å². The van der Waals surface area contributed by atoms with Crippen LogP contribution in [0, 0.1) is 5.92 Å². The predicted molar refractivity (Wildman–Crippen MR) is 204 cm³/mol. The monoisotopic (exact) mass is 850 g/mol. The number of aliphatic carboxylic acids is 2. The van der Waals surface area contributed by atoms with Gasteiger partial charge in [0.15, 0.2) is 5.96 Å². The molecule has 0 rings (SSSR count). The van der Waals surface area contributed by atoms with Gasteiger partial charge in [-0.15, -0.1) is 0 Å². The lowest BCUT2D eigenvalue weighted by Crippen LogP contribution is -2.61. The zero-order valence-corrected chi connectivity index (χ0v) is 32.8. The van der Waals surface area contributed by atoms with E-state index < -0.39 is 140 Å². The summed E-state index contributed by atoms with van der Waals surface area (Å²) in [6.07, 6.45) is -3.79. The Morgan fingerprint density at radius 1 is 0.672 bits per heavy atom. The molecule has 0 aliphatic rings. The number of carbonyl (C=O) groups excluding carboxylic acids is 8. The third-order valence-corrected chi connectivity index (χ3v) is 8.10. The Morgan fingerprint density at radius 2 is 1.19 bits per heavy atom. The van der Waals surface area contributed by atoms with Crippen molar-refractivity contribution in [1.82, 2.24) is 37.2 Å². The van der Waals surface area contributed by atoms with Gasteiger partial charge < -0.3 is 80.6 Å². The first kappa shape index (κ1) is 52.2. The highest BCUT2D eigenvalue weighted by Gasteiger charge is 2.35. The summed E-state index contributed by atoms with van der Waals surface area (Å²) < 4.78 is 0. The normalized spacial score (nSPS) is 15.0. The topological polar surface area (TPSA) is 452 Å². The van der Waals surface area contributed by atoms with E-state index in [1.807, 2.05) is 5.32 Å². The molecule has 0 spiro atoms. The van der Waals surface area contributed by atoms with Crippen molar-refractivity contribution in [2.45, 2.75) is 94.9 Å². The molecule has 0 saturated carbocycles. The van der Waals surface area contributed by atoms with E-state index >= 15 is 0 Å². The number of guanidine groups is 1. The number of hydrogen-bond acceptors (Lipinski definition) is 15. The number of rotatable bonds is 27. The van der Waals surface area contributed by atoms with Crippen LogP contribution in [0.4, 0.5) is 0 Å². The maximum Gasteiger partial charge on any atom is 0.328 e. The Labute approximate surface area is 337 Å². The maximum atomic E-state index is 13.6. The number of thiol groups is 1. The van der Waals surface area contributed by atoms with Crippen molar-refractivity contribution in [3.8, 4) is 0 Å². The van der Waals surface area contributed by atoms with Crippen LogP contribution in [0.2, 0.25) is 0 Å². The molecule has 8 atom stereocenters. The van der Waals surface area contributed by atoms with Crippen LogP contribution in [0.5, 0.6) is 0 Å². The van der Waals surface area contributed by atoms with Gasteiger partial charge in [-0.25, -0.2) is 4.79 Å². The van der Waals surface area contributed by atoms with Gasteiger partial charge in [-0.2, -0.15) is 12.6 Å². The summed E-state index contributed by atoms with van der Waals surface area (Å²) >= 11 is 3.88. The first-order valence-corrected chi connectivity index (χ1v) is 18.1. The minimum Gasteiger partial charge on any atom is -0.481 e. The summed E-state index contributed by atoms with van der Waals surface area (Å²) in [5.74, 6) is -13.0. The van der Waals surface area contributed by atoms with E-state index in [1.165, 1.54) is 13.8 Å². The molecule has 0 bridgehead atoms. The SMILES string of the molecule is CC(C)[C@H](NC(=O)[C@H](CCCN=C(N)N)NC(=O)[C@H](CC(N)=O)NC(=O)[C@H](CC(=O)O)NC(=O)[C@@H](NC(=O)[C@@H](N)CS)[C@@H](C)O)C(=O)NCC(=O)N[C@@H](CO)C(=O)O. The van der Waals surface area contributed by atoms with Gasteiger partial charge in [0.2, 0.25) is 47.3 Å². The Kier molecular flexibility index (Phi) is 23.6. The molecule has 0 aromatic heterocycles. The third kappa shape index (κ3) is 19.9. The number of carbonyl (C=O) groups is 10. The summed E-state index contributed by atoms with van der Waals surface area (Å²) in [5, 5.41) is 52.9. The van der Waals surface area contributed by atoms with Gasteiger partial charge in [-0.1, -0.05) is 13.8 Å². The minimum atomic E-state index is -1.98. The second kappa shape index (κ2) is 26.2. The first-order chi connectivity index (χ1) is 26.9. The standard InChI is InChI=1S/C31H54N12O14S/c1-12(2)22(28(54)37-9-20(47)38-18(10-44)30(56)57)42-25(51)15(5-4-6-36-31(34)35)39-26(52)16(7-19(33)46)40-27(53)17(8-21(48)49)41-29(55)23(13(3)45)43-24(50)14(32)11-58/h12-18,22-23,44-45,58H,4-11,32H2,1-3H3,(H2,33,46)(H,37,54)(H,38,47)(H,39,52)(H,40,53)(H,41,55)(H,42,51)(H,43,50)(H,48,49)(H,56,57)(H4,34,35,36)/t13-,14+,15+,16+,17+,18+,22+,23+/m1/s1. The summed E-state index contributed by atoms with van der Waals surface area (Å²) in [4.78, 5) is 129. The highest BCUT2D eigenvalue weighted by Crippen LogP contribution is 2.07. The number of nitrogens with two attached hydrogens (primary N) is 4. The Balaban J connectivity index is 6.34. The van der Waals surface area contributed by atoms with Crippen LogP contribution in [0.1, 0.15) is 46.5 Å². The van der Waals surface area contributed by atoms with E-state index in [1.54, 1.807) is 0 Å². The van der Waals surface area contributed by atoms with Crippen LogP contribution in [0.15, 0.2) is 4.99 Å². The fourth-order valence-electron chi connectivity index (χ4n) is 4.62. The predicted octanol–water partition coefficient (Wildman–Crippen LogP) is -8.21. The molecule has 0 saturated heterocycles. The Hall–Kier alpha value is -5.80. The average molecular weight is 851 g/mol. The number of aliphatic hydroxyl groups is 2. The van der Waals surface area contributed by atoms with Gasteiger partial charge in [0, 0.05) is 12.3 Å². The van der Waals surface area contributed by atoms with Crippen molar-refractivity contribution < 1.29 is 68.4 Å². The molecule has 0 aromatic rings. The fraction of sp³-hybridized carbons (Fsp3) is 0.645. The van der Waals surface area contributed by atoms with E-state index in [-0.39, 0.29) is 31.1 Å². The van der Waals surface area contributed by atoms with Gasteiger partial charge in [0.05, 0.1) is 38.1 Å². The molecule has 0 fully saturated rings. The Morgan fingerprint density at radius 3 is 1.66 bits per heavy atom. The molecular weight excluding hydrogens is 796 g/mol. The van der Waals surface area contributed by atoms with Crippen molar-refractivity contribution in [2.75, 3.05) is 25.4 Å². The lowest BCUT2D eigenvalue weighted by atomic mass is 10.0. The largest absolute Gasteiger partial charge is 0.481 e. The van der Waals surface area contributed by atoms with Crippen molar-refractivity contribution in [1.29, 1.82) is 0 Å². The van der Waals surface area contributed by atoms with E-state index in [9.17, 15) is 58.2 Å². The molecule has 0 radical (unpaired) electrons. The quantitative estimate of drug-likeness (QED) is 0.0158. The number of aliphatic imine (C=N–C) groups is 1. The lowest BCUT2D eigenvalue weighted by Gasteiger charge is -2.28. The van der Waals surface area contributed by atoms with Crippen molar-refractivity contribution in [3.05, 3.63) is 0 Å². The van der Waals surface area contributed by atoms with E-state index in [4.69, 9.17) is 33.1 Å². The van der Waals surface area contributed by atoms with E-state index in [0.717, 1.165) is 6.92 Å². The van der Waals surface area contributed by atoms with Crippen molar-refractivity contribution in [3.63, 3.8) is 0 Å². The summed E-state index contributed by atoms with van der Waals surface area (Å²) in [6.45, 7) is 2.40. The molecule has 27 heteroatoms. The molecule has 0 aliphatic heterocycles. The second-order valence-corrected chi connectivity index (χ2v) is 13.4. The minimum absolute atomic E-state index is 0.0318. The molecule has 0 heterocycles. The van der Waals surface area contributed by atoms with Crippen LogP contribution in [-0.2, 0) is 47.9 Å². The van der Waals surface area contributed by atoms with Crippen molar-refractivity contribution >= 4 is 77.8 Å². The molecule has 0 aliphatic carbocycles. The number of primary amides is 1. The third-order valence-electron chi connectivity index (χ3n) is 7.71. The molecule has 8 amide bonds. The van der Waals surface area contributed by atoms with Gasteiger partial charge in [0.1, 0.15) is 36.3 Å². The molecule has 58 heavy (non-hydrogen) atoms. The molecule has 0 unspecified atom stereocenters. The second-order valence-electron chi connectivity index (χ2n) is 13.0. The molecular formula is C31H54N12O14S. The number of nitrogens with one attached hydrogen (secondary N) is 7. The van der Waals surface area contributed by atoms with Gasteiger partial charge >= 0.3 is 11.9 Å². The van der Waals surface area contributed by atoms with Crippen LogP contribution in [-0.4, -0.2) is 159 Å². The van der Waals surface area contributed by atoms with Crippen LogP contribution in [0.25, 0.3) is 0 Å². The zero-order valence-electron chi connectivity index (χ0n) is 31.9. The summed E-state index contributed by atoms with van der Waals surface area (Å²) in [5.41, 5.74) is 21.6. The first-order valence-electron chi connectivity index (χ1n) is 17.5. The smallest absolute Gasteiger partial charge is 0.328 e. The number of carboxylic acid groups (broad SMARTS) is 2. The lowest BCUT2D eigenvalue weighted by molar-refractivity contribution is -0.143. The summed E-state index contributed by atoms with van der Waals surface area (Å²) in [6, 6.07) is -11.4. The molecule has 19 N–H and O–H groups in total. The average Bonchev–Trinajstić information content (AvgIpc) is 3.12. The maximum absolute atomic E-state index is 13.6. The highest BCUT2D eigenvalue weighted by molar-refractivity contribution is 7.80. The summed E-state index contributed by atoms with van der Waals surface area (Å²) in [7, 11) is 0. The van der Waals surface area contributed by atoms with E-state index in [2.05, 4.69) is 49.5 Å². The molecule has 328 valence electrons. The van der Waals surface area contributed by atoms with Gasteiger partial charge in [-0.05, 0) is 25.7 Å². The fourth-order valence-corrected chi connectivity index (χ4v) is 4.78. The van der Waals surface area contributed by atoms with Crippen LogP contribution in [0.3, 0.4) is 0 Å². The van der Waals surface area contributed by atoms with Gasteiger partial charge in [-0.3, -0.25) is 48.1 Å². The zero-order chi connectivity index (χ0) is 44.9. The number of carboxylic acids is 2. The van der Waals surface area contributed by atoms with Crippen LogP contribution >= 0.6 is 12.6 Å². The number of hydrogen-bond donors (Lipinski definition) is 16. The molecule has 26 nitrogen and oxygen atoms in total. The Bertz CT molecular complexity index is 1530. The highest BCUT2D eigenvalue weighted by atomic mass is 32.1. The number of amides is 8. The van der Waals surface area contributed by atoms with Crippen molar-refractivity contribution in [2.24, 2.45) is 33.8 Å². The number of aliphatic hydroxyl groups excluding tert-OH is 2. The molecule has 0 aromatic carbocycles.